The zero-order valence-electron chi connectivity index (χ0n) is 29.2. The molecule has 2 fully saturated rings. The Bertz CT molecular complexity index is 1910. The predicted molar refractivity (Wildman–Crippen MR) is 197 cm³/mol. The van der Waals surface area contributed by atoms with Gasteiger partial charge in [0.25, 0.3) is 0 Å². The molecular weight excluding hydrogens is 767 g/mol. The van der Waals surface area contributed by atoms with E-state index < -0.39 is 0 Å². The Morgan fingerprint density at radius 2 is 1.54 bits per heavy atom. The summed E-state index contributed by atoms with van der Waals surface area (Å²) in [4.78, 5) is 9.98. The molecule has 0 N–H and O–H groups in total. The number of amidine groups is 1. The molecule has 0 aliphatic heterocycles. The van der Waals surface area contributed by atoms with Crippen LogP contribution in [0, 0.1) is 18.9 Å². The molecule has 8 rings (SSSR count). The van der Waals surface area contributed by atoms with Crippen LogP contribution in [0.3, 0.4) is 0 Å². The number of aliphatic imine (C=N–C) groups is 1. The van der Waals surface area contributed by atoms with Crippen molar-refractivity contribution < 1.29 is 24.5 Å². The molecule has 3 aromatic carbocycles. The number of benzene rings is 3. The fourth-order valence-electron chi connectivity index (χ4n) is 8.12. The third-order valence-corrected chi connectivity index (χ3v) is 10.6. The van der Waals surface area contributed by atoms with Crippen LogP contribution in [0.5, 0.6) is 0 Å². The van der Waals surface area contributed by atoms with E-state index in [0.29, 0.717) is 18.0 Å². The fraction of sp³-hybridized carbons (Fsp3) is 0.442. The molecule has 2 aromatic heterocycles. The summed E-state index contributed by atoms with van der Waals surface area (Å²) in [7, 11) is 0. The Labute approximate surface area is 300 Å². The second kappa shape index (κ2) is 14.7. The van der Waals surface area contributed by atoms with Gasteiger partial charge in [0.2, 0.25) is 0 Å². The summed E-state index contributed by atoms with van der Waals surface area (Å²) < 4.78 is 6.32. The van der Waals surface area contributed by atoms with Gasteiger partial charge in [0.1, 0.15) is 11.3 Å². The molecule has 3 aliphatic rings. The molecule has 3 aliphatic carbocycles. The normalized spacial score (nSPS) is 17.8. The third-order valence-electron chi connectivity index (χ3n) is 10.6. The first-order chi connectivity index (χ1) is 22.8. The first-order valence-corrected chi connectivity index (χ1v) is 18.0. The van der Waals surface area contributed by atoms with Gasteiger partial charge in [-0.1, -0.05) is 146 Å². The van der Waals surface area contributed by atoms with Gasteiger partial charge in [0, 0.05) is 36.4 Å². The maximum absolute atomic E-state index is 6.32. The number of nitrogens with zero attached hydrogens (tertiary/aromatic N) is 3. The van der Waals surface area contributed by atoms with Crippen molar-refractivity contribution in [1.29, 1.82) is 0 Å². The number of hydrogen-bond acceptors (Lipinski definition) is 3. The quantitative estimate of drug-likeness (QED) is 0.103. The molecule has 0 amide bonds. The van der Waals surface area contributed by atoms with E-state index in [1.165, 1.54) is 91.7 Å². The van der Waals surface area contributed by atoms with E-state index in [2.05, 4.69) is 83.1 Å². The minimum Gasteiger partial charge on any atom is -0.466 e. The van der Waals surface area contributed by atoms with Crippen LogP contribution in [0.1, 0.15) is 109 Å². The molecule has 48 heavy (non-hydrogen) atoms. The Morgan fingerprint density at radius 3 is 2.27 bits per heavy atom. The average molecular weight is 816 g/mol. The van der Waals surface area contributed by atoms with E-state index in [9.17, 15) is 0 Å². The number of aromatic nitrogens is 1. The number of furan rings is 1. The van der Waals surface area contributed by atoms with Gasteiger partial charge < -0.3 is 14.7 Å². The van der Waals surface area contributed by atoms with E-state index in [1.807, 2.05) is 24.3 Å². The van der Waals surface area contributed by atoms with E-state index in [4.69, 9.17) is 19.7 Å². The third kappa shape index (κ3) is 6.78. The van der Waals surface area contributed by atoms with E-state index >= 15 is 0 Å². The Kier molecular flexibility index (Phi) is 10.6. The molecule has 4 nitrogen and oxygen atoms in total. The second-order valence-electron chi connectivity index (χ2n) is 14.8. The average Bonchev–Trinajstić information content (AvgIpc) is 3.59. The van der Waals surface area contributed by atoms with Crippen molar-refractivity contribution in [2.45, 2.75) is 116 Å². The van der Waals surface area contributed by atoms with Crippen molar-refractivity contribution in [2.24, 2.45) is 10.9 Å². The summed E-state index contributed by atoms with van der Waals surface area (Å²) in [6.07, 6.45) is 13.4. The van der Waals surface area contributed by atoms with Gasteiger partial charge >= 0.3 is 0 Å². The van der Waals surface area contributed by atoms with Crippen LogP contribution in [0.25, 0.3) is 49.8 Å². The minimum absolute atomic E-state index is 0. The number of rotatable bonds is 4. The van der Waals surface area contributed by atoms with Crippen LogP contribution in [-0.2, 0) is 25.5 Å². The van der Waals surface area contributed by atoms with Crippen LogP contribution in [-0.4, -0.2) is 22.9 Å². The minimum atomic E-state index is -0.189. The topological polar surface area (TPSA) is 52.5 Å². The first-order valence-electron chi connectivity index (χ1n) is 18.0. The summed E-state index contributed by atoms with van der Waals surface area (Å²) >= 11 is 0. The van der Waals surface area contributed by atoms with Crippen LogP contribution in [0.2, 0.25) is 0 Å². The van der Waals surface area contributed by atoms with Gasteiger partial charge in [-0.3, -0.25) is 4.98 Å². The van der Waals surface area contributed by atoms with Gasteiger partial charge in [0.05, 0.1) is 5.52 Å². The fourth-order valence-corrected chi connectivity index (χ4v) is 8.12. The number of fused-ring (bicyclic) bond motifs is 6. The van der Waals surface area contributed by atoms with Crippen molar-refractivity contribution in [3.05, 3.63) is 94.8 Å². The van der Waals surface area contributed by atoms with E-state index in [1.54, 1.807) is 0 Å². The van der Waals surface area contributed by atoms with Crippen LogP contribution in [0.15, 0.2) is 76.1 Å². The smallest absolute Gasteiger partial charge is 0.135 e. The molecule has 0 spiro atoms. The van der Waals surface area contributed by atoms with Crippen molar-refractivity contribution in [2.75, 3.05) is 0 Å². The van der Waals surface area contributed by atoms with Crippen molar-refractivity contribution in [3.8, 4) is 22.6 Å². The largest absolute Gasteiger partial charge is 0.466 e. The monoisotopic (exact) mass is 816 g/mol. The molecule has 253 valence electrons. The maximum Gasteiger partial charge on any atom is 0.135 e. The van der Waals surface area contributed by atoms with Gasteiger partial charge in [-0.25, -0.2) is 0 Å². The first kappa shape index (κ1) is 34.6. The van der Waals surface area contributed by atoms with Gasteiger partial charge in [-0.2, -0.15) is 0 Å². The van der Waals surface area contributed by atoms with Crippen LogP contribution < -0.4 is 0 Å². The second-order valence-corrected chi connectivity index (χ2v) is 14.8. The number of hydrogen-bond donors (Lipinski definition) is 0. The molecular formula is C43H49IrN3O-2. The zero-order chi connectivity index (χ0) is 32.5. The Morgan fingerprint density at radius 1 is 0.875 bits per heavy atom. The predicted octanol–water partition coefficient (Wildman–Crippen LogP) is 12.1. The van der Waals surface area contributed by atoms with E-state index in [-0.39, 0.29) is 25.5 Å². The Hall–Kier alpha value is -3.27. The molecule has 2 saturated carbocycles. The van der Waals surface area contributed by atoms with Crippen LogP contribution >= 0.6 is 0 Å². The molecule has 0 unspecified atom stereocenters. The molecule has 0 saturated heterocycles. The Balaban J connectivity index is 0.000000183. The number of para-hydroxylation sites is 2. The summed E-state index contributed by atoms with van der Waals surface area (Å²) in [5, 5.41) is 7.37. The molecule has 5 aromatic rings. The van der Waals surface area contributed by atoms with Gasteiger partial charge in [0.15, 0.2) is 0 Å². The zero-order valence-corrected chi connectivity index (χ0v) is 31.6. The standard InChI is InChI=1S/C27H20NO.C16H29N2.Ir/c1-16-15-22(28-21-13-6-4-9-17(16)21)18-11-8-12-20-24(18)27(2,3)25-19-10-5-7-14-23(19)29-26(20)25;1-13(2)16(17-14-9-5-3-6-10-14)18-15-11-7-4-8-12-15;/h4-10,12-15H,1-3H3;13-15H,3-12H2,1-2H3;/q2*-1;. The molecule has 0 bridgehead atoms. The van der Waals surface area contributed by atoms with E-state index in [0.717, 1.165) is 39.5 Å². The number of aryl methyl sites for hydroxylation is 1. The molecule has 1 radical (unpaired) electrons. The summed E-state index contributed by atoms with van der Waals surface area (Å²) in [5.74, 6) is 2.64. The molecule has 0 atom stereocenters. The van der Waals surface area contributed by atoms with Crippen LogP contribution in [0.4, 0.5) is 0 Å². The summed E-state index contributed by atoms with van der Waals surface area (Å²) in [6, 6.07) is 27.6. The van der Waals surface area contributed by atoms with Gasteiger partial charge in [-0.05, 0) is 53.7 Å². The SMILES string of the molecule is CC(C)C(=NC1CCCCC1)[N-]C1CCCCC1.Cc1cc(-c2[c-]ccc3c2C(C)(C)c2c-3oc3ccccc23)nc2ccccc12.[Ir]. The molecule has 2 heterocycles. The van der Waals surface area contributed by atoms with Crippen molar-refractivity contribution >= 4 is 27.7 Å². The summed E-state index contributed by atoms with van der Waals surface area (Å²) in [5.41, 5.74) is 8.72. The van der Waals surface area contributed by atoms with Gasteiger partial charge in [-0.15, -0.1) is 29.3 Å². The maximum atomic E-state index is 6.32. The summed E-state index contributed by atoms with van der Waals surface area (Å²) in [6.45, 7) is 11.2. The van der Waals surface area contributed by atoms with Crippen molar-refractivity contribution in [3.63, 3.8) is 0 Å². The molecule has 5 heteroatoms. The number of pyridine rings is 1. The van der Waals surface area contributed by atoms with Crippen molar-refractivity contribution in [1.82, 2.24) is 4.98 Å².